The second-order valence-electron chi connectivity index (χ2n) is 2.92. The van der Waals surface area contributed by atoms with E-state index in [1.165, 1.54) is 11.3 Å². The van der Waals surface area contributed by atoms with Crippen LogP contribution in [0, 0.1) is 0 Å². The van der Waals surface area contributed by atoms with Gasteiger partial charge >= 0.3 is 0 Å². The molecule has 4 nitrogen and oxygen atoms in total. The lowest BCUT2D eigenvalue weighted by Crippen LogP contribution is -2.11. The van der Waals surface area contributed by atoms with Crippen LogP contribution < -0.4 is 5.73 Å². The number of hydrogen-bond donors (Lipinski definition) is 1. The third-order valence-electron chi connectivity index (χ3n) is 1.99. The van der Waals surface area contributed by atoms with E-state index in [-0.39, 0.29) is 6.04 Å². The van der Waals surface area contributed by atoms with Crippen LogP contribution in [0.15, 0.2) is 23.0 Å². The Morgan fingerprint density at radius 3 is 3.00 bits per heavy atom. The molecule has 0 aliphatic rings. The first-order chi connectivity index (χ1) is 6.81. The van der Waals surface area contributed by atoms with Crippen molar-refractivity contribution in [3.8, 4) is 0 Å². The molecule has 1 unspecified atom stereocenters. The second-order valence-corrected chi connectivity index (χ2v) is 4.12. The molecule has 0 saturated carbocycles. The summed E-state index contributed by atoms with van der Waals surface area (Å²) in [6.07, 6.45) is 2.33. The maximum atomic E-state index is 5.95. The van der Waals surface area contributed by atoms with Crippen molar-refractivity contribution in [2.45, 2.75) is 19.4 Å². The van der Waals surface area contributed by atoms with Crippen LogP contribution >= 0.6 is 11.3 Å². The largest absolute Gasteiger partial charge is 0.343 e. The van der Waals surface area contributed by atoms with Crippen molar-refractivity contribution < 1.29 is 4.52 Å². The van der Waals surface area contributed by atoms with Crippen molar-refractivity contribution in [1.29, 1.82) is 0 Å². The van der Waals surface area contributed by atoms with Crippen LogP contribution in [-0.4, -0.2) is 10.1 Å². The smallest absolute Gasteiger partial charge is 0.213 e. The molecule has 0 bridgehead atoms. The van der Waals surface area contributed by atoms with Crippen molar-refractivity contribution in [1.82, 2.24) is 10.1 Å². The summed E-state index contributed by atoms with van der Waals surface area (Å²) >= 11 is 1.69. The Hall–Kier alpha value is -1.20. The van der Waals surface area contributed by atoms with Crippen molar-refractivity contribution >= 4 is 11.3 Å². The van der Waals surface area contributed by atoms with Gasteiger partial charge in [0.1, 0.15) is 6.04 Å². The fourth-order valence-electron chi connectivity index (χ4n) is 1.19. The molecule has 2 aromatic heterocycles. The lowest BCUT2D eigenvalue weighted by molar-refractivity contribution is 0.407. The fourth-order valence-corrected chi connectivity index (χ4v) is 2.15. The SMILES string of the molecule is CCc1ccc(C(N)c2ncon2)s1. The van der Waals surface area contributed by atoms with E-state index in [1.54, 1.807) is 11.3 Å². The molecule has 2 rings (SSSR count). The first kappa shape index (κ1) is 9.36. The summed E-state index contributed by atoms with van der Waals surface area (Å²) < 4.78 is 4.65. The molecule has 0 spiro atoms. The highest BCUT2D eigenvalue weighted by Crippen LogP contribution is 2.24. The molecule has 74 valence electrons. The molecule has 0 saturated heterocycles. The van der Waals surface area contributed by atoms with Crippen LogP contribution in [-0.2, 0) is 6.42 Å². The standard InChI is InChI=1S/C9H11N3OS/c1-2-6-3-4-7(14-6)8(10)9-11-5-13-12-9/h3-5,8H,2,10H2,1H3. The quantitative estimate of drug-likeness (QED) is 0.836. The highest BCUT2D eigenvalue weighted by molar-refractivity contribution is 7.12. The monoisotopic (exact) mass is 209 g/mol. The van der Waals surface area contributed by atoms with Gasteiger partial charge in [-0.25, -0.2) is 0 Å². The van der Waals surface area contributed by atoms with Gasteiger partial charge in [0, 0.05) is 9.75 Å². The van der Waals surface area contributed by atoms with Crippen LogP contribution in [0.2, 0.25) is 0 Å². The molecule has 0 aliphatic heterocycles. The van der Waals surface area contributed by atoms with Crippen molar-refractivity contribution in [2.75, 3.05) is 0 Å². The molecule has 1 atom stereocenters. The van der Waals surface area contributed by atoms with Crippen molar-refractivity contribution in [3.05, 3.63) is 34.1 Å². The molecule has 14 heavy (non-hydrogen) atoms. The van der Waals surface area contributed by atoms with E-state index in [1.807, 2.05) is 6.07 Å². The first-order valence-electron chi connectivity index (χ1n) is 4.41. The summed E-state index contributed by atoms with van der Waals surface area (Å²) in [5.74, 6) is 0.537. The fraction of sp³-hybridized carbons (Fsp3) is 0.333. The average molecular weight is 209 g/mol. The number of hydrogen-bond acceptors (Lipinski definition) is 5. The third kappa shape index (κ3) is 1.69. The van der Waals surface area contributed by atoms with Gasteiger partial charge in [-0.1, -0.05) is 12.1 Å². The zero-order valence-corrected chi connectivity index (χ0v) is 8.62. The predicted octanol–water partition coefficient (Wildman–Crippen LogP) is 1.74. The predicted molar refractivity (Wildman–Crippen MR) is 54.0 cm³/mol. The van der Waals surface area contributed by atoms with E-state index in [2.05, 4.69) is 27.7 Å². The number of nitrogens with two attached hydrogens (primary N) is 1. The summed E-state index contributed by atoms with van der Waals surface area (Å²) in [6, 6.07) is 3.84. The molecular formula is C9H11N3OS. The van der Waals surface area contributed by atoms with Crippen LogP contribution in [0.1, 0.15) is 28.5 Å². The third-order valence-corrected chi connectivity index (χ3v) is 3.31. The minimum Gasteiger partial charge on any atom is -0.343 e. The molecule has 0 fully saturated rings. The average Bonchev–Trinajstić information content (AvgIpc) is 2.88. The van der Waals surface area contributed by atoms with E-state index in [0.29, 0.717) is 5.82 Å². The van der Waals surface area contributed by atoms with E-state index in [9.17, 15) is 0 Å². The first-order valence-corrected chi connectivity index (χ1v) is 5.23. The maximum absolute atomic E-state index is 5.95. The lowest BCUT2D eigenvalue weighted by atomic mass is 10.2. The van der Waals surface area contributed by atoms with Gasteiger partial charge in [0.2, 0.25) is 6.39 Å². The zero-order valence-electron chi connectivity index (χ0n) is 7.80. The maximum Gasteiger partial charge on any atom is 0.213 e. The summed E-state index contributed by atoms with van der Waals surface area (Å²) in [4.78, 5) is 6.32. The molecule has 0 radical (unpaired) electrons. The van der Waals surface area contributed by atoms with Gasteiger partial charge in [0.15, 0.2) is 5.82 Å². The molecule has 0 amide bonds. The van der Waals surface area contributed by atoms with E-state index < -0.39 is 0 Å². The van der Waals surface area contributed by atoms with Crippen molar-refractivity contribution in [3.63, 3.8) is 0 Å². The van der Waals surface area contributed by atoms with E-state index in [0.717, 1.165) is 11.3 Å². The summed E-state index contributed by atoms with van der Waals surface area (Å²) in [5, 5.41) is 3.72. The minimum absolute atomic E-state index is 0.265. The number of aromatic nitrogens is 2. The normalized spacial score (nSPS) is 13.0. The molecule has 5 heteroatoms. The van der Waals surface area contributed by atoms with Gasteiger partial charge < -0.3 is 10.3 Å². The topological polar surface area (TPSA) is 64.9 Å². The van der Waals surface area contributed by atoms with Gasteiger partial charge in [-0.15, -0.1) is 11.3 Å². The summed E-state index contributed by atoms with van der Waals surface area (Å²) in [6.45, 7) is 2.12. The number of nitrogens with zero attached hydrogens (tertiary/aromatic N) is 2. The molecule has 0 aliphatic carbocycles. The summed E-state index contributed by atoms with van der Waals surface area (Å²) in [5.41, 5.74) is 5.95. The Morgan fingerprint density at radius 1 is 1.57 bits per heavy atom. The lowest BCUT2D eigenvalue weighted by Gasteiger charge is -2.02. The molecule has 2 heterocycles. The van der Waals surface area contributed by atoms with Gasteiger partial charge in [-0.05, 0) is 18.6 Å². The van der Waals surface area contributed by atoms with Crippen LogP contribution in [0.3, 0.4) is 0 Å². The van der Waals surface area contributed by atoms with Crippen LogP contribution in [0.25, 0.3) is 0 Å². The molecule has 0 aromatic carbocycles. The number of thiophene rings is 1. The summed E-state index contributed by atoms with van der Waals surface area (Å²) in [7, 11) is 0. The number of rotatable bonds is 3. The van der Waals surface area contributed by atoms with Gasteiger partial charge in [0.05, 0.1) is 0 Å². The highest BCUT2D eigenvalue weighted by atomic mass is 32.1. The van der Waals surface area contributed by atoms with Gasteiger partial charge in [-0.3, -0.25) is 0 Å². The molecule has 2 N–H and O–H groups in total. The minimum atomic E-state index is -0.265. The van der Waals surface area contributed by atoms with E-state index >= 15 is 0 Å². The Morgan fingerprint density at radius 2 is 2.43 bits per heavy atom. The second kappa shape index (κ2) is 3.89. The number of aryl methyl sites for hydroxylation is 1. The Kier molecular flexibility index (Phi) is 2.60. The highest BCUT2D eigenvalue weighted by Gasteiger charge is 2.15. The Labute approximate surface area is 85.7 Å². The zero-order chi connectivity index (χ0) is 9.97. The Balaban J connectivity index is 2.23. The van der Waals surface area contributed by atoms with Gasteiger partial charge in [0.25, 0.3) is 0 Å². The van der Waals surface area contributed by atoms with Gasteiger partial charge in [-0.2, -0.15) is 4.98 Å². The Bertz CT molecular complexity index is 396. The van der Waals surface area contributed by atoms with Crippen molar-refractivity contribution in [2.24, 2.45) is 5.73 Å². The molecular weight excluding hydrogens is 198 g/mol. The van der Waals surface area contributed by atoms with Crippen LogP contribution in [0.4, 0.5) is 0 Å². The van der Waals surface area contributed by atoms with Crippen LogP contribution in [0.5, 0.6) is 0 Å². The van der Waals surface area contributed by atoms with E-state index in [4.69, 9.17) is 5.73 Å². The molecule has 2 aromatic rings.